The zero-order chi connectivity index (χ0) is 14.0. The molecule has 6 nitrogen and oxygen atoms in total. The number of ketones is 1. The third kappa shape index (κ3) is 2.31. The van der Waals surface area contributed by atoms with Crippen molar-refractivity contribution in [3.05, 3.63) is 35.4 Å². The summed E-state index contributed by atoms with van der Waals surface area (Å²) in [4.78, 5) is 17.6. The maximum atomic E-state index is 11.6. The largest absolute Gasteiger partial charge is 0.383 e. The third-order valence-corrected chi connectivity index (χ3v) is 2.59. The fourth-order valence-corrected chi connectivity index (χ4v) is 1.68. The minimum absolute atomic E-state index is 0.0955. The molecule has 0 atom stereocenters. The molecule has 0 saturated carbocycles. The zero-order valence-corrected chi connectivity index (χ0v) is 11.0. The first kappa shape index (κ1) is 12.8. The molecule has 6 heteroatoms. The maximum absolute atomic E-state index is 11.6. The van der Waals surface area contributed by atoms with Crippen molar-refractivity contribution < 1.29 is 4.79 Å². The standard InChI is InChI=1S/C13H13N5O/c1-9(19)11-8-15-13-10(6-14)7-16-18(13)12(11)4-5-17(2)3/h4-5,7-8H,1-3H3. The molecule has 0 spiro atoms. The van der Waals surface area contributed by atoms with Gasteiger partial charge in [-0.25, -0.2) is 9.50 Å². The summed E-state index contributed by atoms with van der Waals surface area (Å²) in [5, 5.41) is 13.1. The number of hydrogen-bond acceptors (Lipinski definition) is 5. The second kappa shape index (κ2) is 4.90. The minimum Gasteiger partial charge on any atom is -0.383 e. The Morgan fingerprint density at radius 3 is 2.79 bits per heavy atom. The predicted molar refractivity (Wildman–Crippen MR) is 70.4 cm³/mol. The number of hydrogen-bond donors (Lipinski definition) is 0. The van der Waals surface area contributed by atoms with Crippen LogP contribution < -0.4 is 0 Å². The Hall–Kier alpha value is -2.68. The summed E-state index contributed by atoms with van der Waals surface area (Å²) < 4.78 is 1.51. The molecule has 2 rings (SSSR count). The maximum Gasteiger partial charge on any atom is 0.173 e. The van der Waals surface area contributed by atoms with Crippen LogP contribution in [0.2, 0.25) is 0 Å². The Bertz CT molecular complexity index is 706. The van der Waals surface area contributed by atoms with Crippen LogP contribution in [0.25, 0.3) is 11.7 Å². The number of nitriles is 1. The summed E-state index contributed by atoms with van der Waals surface area (Å²) in [6, 6.07) is 2.03. The summed E-state index contributed by atoms with van der Waals surface area (Å²) in [5.41, 5.74) is 1.92. The number of rotatable bonds is 3. The highest BCUT2D eigenvalue weighted by atomic mass is 16.1. The van der Waals surface area contributed by atoms with Crippen LogP contribution in [0.15, 0.2) is 18.6 Å². The molecule has 0 saturated heterocycles. The first-order valence-corrected chi connectivity index (χ1v) is 5.67. The van der Waals surface area contributed by atoms with Gasteiger partial charge in [0.15, 0.2) is 11.4 Å². The van der Waals surface area contributed by atoms with E-state index >= 15 is 0 Å². The fourth-order valence-electron chi connectivity index (χ4n) is 1.68. The van der Waals surface area contributed by atoms with Crippen molar-refractivity contribution >= 4 is 17.5 Å². The molecule has 0 radical (unpaired) electrons. The Kier molecular flexibility index (Phi) is 3.29. The second-order valence-corrected chi connectivity index (χ2v) is 4.30. The summed E-state index contributed by atoms with van der Waals surface area (Å²) >= 11 is 0. The van der Waals surface area contributed by atoms with E-state index in [-0.39, 0.29) is 5.78 Å². The average Bonchev–Trinajstić information content (AvgIpc) is 2.78. The predicted octanol–water partition coefficient (Wildman–Crippen LogP) is 1.34. The molecule has 0 aliphatic heterocycles. The van der Waals surface area contributed by atoms with Crippen LogP contribution >= 0.6 is 0 Å². The van der Waals surface area contributed by atoms with Gasteiger partial charge in [-0.1, -0.05) is 0 Å². The monoisotopic (exact) mass is 255 g/mol. The highest BCUT2D eigenvalue weighted by Gasteiger charge is 2.13. The summed E-state index contributed by atoms with van der Waals surface area (Å²) in [5.74, 6) is -0.0955. The van der Waals surface area contributed by atoms with Crippen molar-refractivity contribution in [3.63, 3.8) is 0 Å². The van der Waals surface area contributed by atoms with Gasteiger partial charge in [-0.2, -0.15) is 10.4 Å². The van der Waals surface area contributed by atoms with Crippen molar-refractivity contribution in [1.29, 1.82) is 5.26 Å². The van der Waals surface area contributed by atoms with Gasteiger partial charge in [0.25, 0.3) is 0 Å². The van der Waals surface area contributed by atoms with Gasteiger partial charge in [-0.05, 0) is 13.0 Å². The quantitative estimate of drug-likeness (QED) is 0.774. The Labute approximate surface area is 110 Å². The van der Waals surface area contributed by atoms with Gasteiger partial charge >= 0.3 is 0 Å². The Balaban J connectivity index is 2.74. The van der Waals surface area contributed by atoms with E-state index in [1.807, 2.05) is 31.3 Å². The lowest BCUT2D eigenvalue weighted by Crippen LogP contribution is -2.07. The fraction of sp³-hybridized carbons (Fsp3) is 0.231. The van der Waals surface area contributed by atoms with E-state index in [0.717, 1.165) is 0 Å². The van der Waals surface area contributed by atoms with Crippen LogP contribution in [0.5, 0.6) is 0 Å². The molecule has 2 aromatic rings. The number of carbonyl (C=O) groups is 1. The molecule has 19 heavy (non-hydrogen) atoms. The normalized spacial score (nSPS) is 10.8. The zero-order valence-electron chi connectivity index (χ0n) is 11.0. The van der Waals surface area contributed by atoms with Gasteiger partial charge in [-0.15, -0.1) is 0 Å². The smallest absolute Gasteiger partial charge is 0.173 e. The van der Waals surface area contributed by atoms with Crippen molar-refractivity contribution in [2.45, 2.75) is 6.92 Å². The van der Waals surface area contributed by atoms with Gasteiger partial charge in [0.2, 0.25) is 0 Å². The molecule has 0 aliphatic carbocycles. The molecule has 0 unspecified atom stereocenters. The molecular weight excluding hydrogens is 242 g/mol. The van der Waals surface area contributed by atoms with Crippen molar-refractivity contribution in [1.82, 2.24) is 19.5 Å². The molecule has 0 N–H and O–H groups in total. The molecule has 0 fully saturated rings. The molecule has 0 aliphatic rings. The topological polar surface area (TPSA) is 74.3 Å². The van der Waals surface area contributed by atoms with Crippen molar-refractivity contribution in [2.75, 3.05) is 14.1 Å². The number of aromatic nitrogens is 3. The van der Waals surface area contributed by atoms with E-state index in [1.165, 1.54) is 23.8 Å². The lowest BCUT2D eigenvalue weighted by molar-refractivity contribution is 0.101. The van der Waals surface area contributed by atoms with Gasteiger partial charge in [0.1, 0.15) is 11.6 Å². The summed E-state index contributed by atoms with van der Waals surface area (Å²) in [6.45, 7) is 1.48. The van der Waals surface area contributed by atoms with Crippen LogP contribution in [-0.4, -0.2) is 39.4 Å². The number of Topliss-reactive ketones (excluding diaryl/α,β-unsaturated/α-hetero) is 1. The van der Waals surface area contributed by atoms with Crippen LogP contribution in [0, 0.1) is 11.3 Å². The van der Waals surface area contributed by atoms with E-state index in [1.54, 1.807) is 6.08 Å². The molecular formula is C13H13N5O. The Morgan fingerprint density at radius 2 is 2.21 bits per heavy atom. The second-order valence-electron chi connectivity index (χ2n) is 4.30. The summed E-state index contributed by atoms with van der Waals surface area (Å²) in [6.07, 6.45) is 6.52. The Morgan fingerprint density at radius 1 is 1.47 bits per heavy atom. The lowest BCUT2D eigenvalue weighted by atomic mass is 10.1. The molecule has 2 aromatic heterocycles. The van der Waals surface area contributed by atoms with Gasteiger partial charge in [0, 0.05) is 26.5 Å². The van der Waals surface area contributed by atoms with Crippen LogP contribution in [0.1, 0.15) is 28.5 Å². The van der Waals surface area contributed by atoms with E-state index in [4.69, 9.17) is 5.26 Å². The number of fused-ring (bicyclic) bond motifs is 1. The highest BCUT2D eigenvalue weighted by molar-refractivity contribution is 5.97. The molecule has 0 amide bonds. The molecule has 96 valence electrons. The average molecular weight is 255 g/mol. The summed E-state index contributed by atoms with van der Waals surface area (Å²) in [7, 11) is 3.76. The van der Waals surface area contributed by atoms with Crippen LogP contribution in [0.4, 0.5) is 0 Å². The SMILES string of the molecule is CC(=O)c1cnc2c(C#N)cnn2c1C=CN(C)C. The molecule has 0 aromatic carbocycles. The first-order chi connectivity index (χ1) is 9.04. The van der Waals surface area contributed by atoms with Crippen LogP contribution in [-0.2, 0) is 0 Å². The number of nitrogens with zero attached hydrogens (tertiary/aromatic N) is 5. The van der Waals surface area contributed by atoms with Crippen molar-refractivity contribution in [3.8, 4) is 6.07 Å². The van der Waals surface area contributed by atoms with E-state index in [9.17, 15) is 4.79 Å². The highest BCUT2D eigenvalue weighted by Crippen LogP contribution is 2.15. The number of carbonyl (C=O) groups excluding carboxylic acids is 1. The van der Waals surface area contributed by atoms with Gasteiger partial charge < -0.3 is 4.90 Å². The first-order valence-electron chi connectivity index (χ1n) is 5.67. The third-order valence-electron chi connectivity index (χ3n) is 2.59. The van der Waals surface area contributed by atoms with Crippen LogP contribution in [0.3, 0.4) is 0 Å². The lowest BCUT2D eigenvalue weighted by Gasteiger charge is -2.07. The molecule has 2 heterocycles. The van der Waals surface area contributed by atoms with Gasteiger partial charge in [-0.3, -0.25) is 4.79 Å². The molecule has 0 bridgehead atoms. The van der Waals surface area contributed by atoms with E-state index in [0.29, 0.717) is 22.5 Å². The minimum atomic E-state index is -0.0955. The van der Waals surface area contributed by atoms with Crippen molar-refractivity contribution in [2.24, 2.45) is 0 Å². The van der Waals surface area contributed by atoms with Gasteiger partial charge in [0.05, 0.1) is 17.5 Å². The van der Waals surface area contributed by atoms with E-state index in [2.05, 4.69) is 10.1 Å². The van der Waals surface area contributed by atoms with E-state index < -0.39 is 0 Å².